The van der Waals surface area contributed by atoms with Crippen molar-refractivity contribution in [2.24, 2.45) is 0 Å². The maximum Gasteiger partial charge on any atom is 0.238 e. The molecule has 4 rings (SSSR count). The van der Waals surface area contributed by atoms with Crippen LogP contribution in [0.5, 0.6) is 0 Å². The Balaban J connectivity index is 1.34. The Hall–Kier alpha value is -2.61. The van der Waals surface area contributed by atoms with Crippen molar-refractivity contribution in [3.8, 4) is 0 Å². The highest BCUT2D eigenvalue weighted by Gasteiger charge is 2.31. The molecule has 0 aliphatic carbocycles. The van der Waals surface area contributed by atoms with Crippen LogP contribution < -0.4 is 10.2 Å². The number of hydrogen-bond donors (Lipinski definition) is 1. The Morgan fingerprint density at radius 2 is 1.85 bits per heavy atom. The summed E-state index contributed by atoms with van der Waals surface area (Å²) in [4.78, 5) is 38.3. The fourth-order valence-corrected chi connectivity index (χ4v) is 4.23. The number of aromatic nitrogens is 2. The Morgan fingerprint density at radius 3 is 2.62 bits per heavy atom. The van der Waals surface area contributed by atoms with Gasteiger partial charge in [0.05, 0.1) is 10.9 Å². The fraction of sp³-hybridized carbons (Fsp3) is 0.333. The van der Waals surface area contributed by atoms with Gasteiger partial charge >= 0.3 is 0 Å². The van der Waals surface area contributed by atoms with Crippen LogP contribution in [-0.2, 0) is 9.59 Å². The number of amides is 2. The molecular formula is C18H19N5O2S. The fourth-order valence-electron chi connectivity index (χ4n) is 3.13. The van der Waals surface area contributed by atoms with Gasteiger partial charge in [0.2, 0.25) is 17.8 Å². The number of anilines is 2. The van der Waals surface area contributed by atoms with Crippen LogP contribution in [-0.4, -0.2) is 58.1 Å². The van der Waals surface area contributed by atoms with Crippen molar-refractivity contribution in [1.29, 1.82) is 0 Å². The van der Waals surface area contributed by atoms with E-state index in [-0.39, 0.29) is 23.5 Å². The van der Waals surface area contributed by atoms with Crippen molar-refractivity contribution in [3.63, 3.8) is 0 Å². The predicted octanol–water partition coefficient (Wildman–Crippen LogP) is 1.63. The molecule has 2 aliphatic rings. The van der Waals surface area contributed by atoms with Crippen LogP contribution in [0.4, 0.5) is 11.6 Å². The lowest BCUT2D eigenvalue weighted by Gasteiger charge is -2.35. The van der Waals surface area contributed by atoms with E-state index in [9.17, 15) is 9.59 Å². The number of para-hydroxylation sites is 1. The van der Waals surface area contributed by atoms with E-state index in [1.54, 1.807) is 18.5 Å². The summed E-state index contributed by atoms with van der Waals surface area (Å²) in [6.07, 6.45) is 3.65. The summed E-state index contributed by atoms with van der Waals surface area (Å²) >= 11 is 1.46. The van der Waals surface area contributed by atoms with E-state index in [1.807, 2.05) is 29.2 Å². The van der Waals surface area contributed by atoms with E-state index in [1.165, 1.54) is 11.8 Å². The lowest BCUT2D eigenvalue weighted by atomic mass is 10.2. The van der Waals surface area contributed by atoms with Gasteiger partial charge in [0, 0.05) is 49.9 Å². The monoisotopic (exact) mass is 369 g/mol. The standard InChI is InChI=1S/C18H19N5O2S/c24-16(12-15-17(25)21-13-4-1-2-5-14(13)26-15)22-8-10-23(11-9-22)18-19-6-3-7-20-18/h1-7,15H,8-12H2,(H,21,25)/t15-/m0/s1. The second kappa shape index (κ2) is 7.33. The second-order valence-corrected chi connectivity index (χ2v) is 7.46. The SMILES string of the molecule is O=C1Nc2ccccc2S[C@H]1CC(=O)N1CCN(c2ncccn2)CC1. The number of benzene rings is 1. The normalized spacial score (nSPS) is 19.7. The second-order valence-electron chi connectivity index (χ2n) is 6.21. The van der Waals surface area contributed by atoms with Gasteiger partial charge in [-0.15, -0.1) is 11.8 Å². The first-order valence-corrected chi connectivity index (χ1v) is 9.45. The van der Waals surface area contributed by atoms with Crippen LogP contribution in [0.1, 0.15) is 6.42 Å². The maximum atomic E-state index is 12.6. The number of hydrogen-bond acceptors (Lipinski definition) is 6. The van der Waals surface area contributed by atoms with Crippen molar-refractivity contribution in [2.75, 3.05) is 36.4 Å². The maximum absolute atomic E-state index is 12.6. The molecule has 26 heavy (non-hydrogen) atoms. The molecule has 0 saturated carbocycles. The molecule has 0 unspecified atom stereocenters. The molecule has 1 aromatic heterocycles. The highest BCUT2D eigenvalue weighted by Crippen LogP contribution is 2.36. The molecule has 1 aromatic carbocycles. The lowest BCUT2D eigenvalue weighted by molar-refractivity contribution is -0.132. The highest BCUT2D eigenvalue weighted by atomic mass is 32.2. The summed E-state index contributed by atoms with van der Waals surface area (Å²) in [5, 5.41) is 2.51. The lowest BCUT2D eigenvalue weighted by Crippen LogP contribution is -2.50. The Bertz CT molecular complexity index is 808. The van der Waals surface area contributed by atoms with Gasteiger partial charge in [-0.3, -0.25) is 9.59 Å². The molecule has 0 bridgehead atoms. The average molecular weight is 369 g/mol. The summed E-state index contributed by atoms with van der Waals surface area (Å²) in [6.45, 7) is 2.63. The molecule has 1 fully saturated rings. The van der Waals surface area contributed by atoms with Crippen LogP contribution in [0.15, 0.2) is 47.6 Å². The molecule has 7 nitrogen and oxygen atoms in total. The van der Waals surface area contributed by atoms with E-state index < -0.39 is 0 Å². The third kappa shape index (κ3) is 3.50. The zero-order valence-corrected chi connectivity index (χ0v) is 15.0. The summed E-state index contributed by atoms with van der Waals surface area (Å²) in [6, 6.07) is 9.46. The molecule has 2 aliphatic heterocycles. The molecular weight excluding hydrogens is 350 g/mol. The third-order valence-electron chi connectivity index (χ3n) is 4.53. The molecule has 8 heteroatoms. The largest absolute Gasteiger partial charge is 0.339 e. The number of rotatable bonds is 3. The van der Waals surface area contributed by atoms with Crippen LogP contribution in [0.3, 0.4) is 0 Å². The summed E-state index contributed by atoms with van der Waals surface area (Å²) < 4.78 is 0. The molecule has 1 saturated heterocycles. The van der Waals surface area contributed by atoms with Crippen molar-refractivity contribution >= 4 is 35.2 Å². The molecule has 2 amide bonds. The van der Waals surface area contributed by atoms with E-state index >= 15 is 0 Å². The van der Waals surface area contributed by atoms with Gasteiger partial charge in [0.1, 0.15) is 0 Å². The Kier molecular flexibility index (Phi) is 4.75. The molecule has 134 valence electrons. The molecule has 2 aromatic rings. The van der Waals surface area contributed by atoms with Crippen LogP contribution in [0.2, 0.25) is 0 Å². The van der Waals surface area contributed by atoms with Gasteiger partial charge in [-0.25, -0.2) is 9.97 Å². The van der Waals surface area contributed by atoms with Crippen molar-refractivity contribution < 1.29 is 9.59 Å². The van der Waals surface area contributed by atoms with E-state index in [0.29, 0.717) is 32.1 Å². The van der Waals surface area contributed by atoms with Gasteiger partial charge in [0.25, 0.3) is 0 Å². The van der Waals surface area contributed by atoms with Gasteiger partial charge in [0.15, 0.2) is 0 Å². The van der Waals surface area contributed by atoms with E-state index in [4.69, 9.17) is 0 Å². The molecule has 1 N–H and O–H groups in total. The van der Waals surface area contributed by atoms with Crippen molar-refractivity contribution in [2.45, 2.75) is 16.6 Å². The average Bonchev–Trinajstić information content (AvgIpc) is 2.69. The first kappa shape index (κ1) is 16.8. The molecule has 1 atom stereocenters. The predicted molar refractivity (Wildman–Crippen MR) is 100 cm³/mol. The van der Waals surface area contributed by atoms with E-state index in [2.05, 4.69) is 20.2 Å². The van der Waals surface area contributed by atoms with Crippen molar-refractivity contribution in [3.05, 3.63) is 42.7 Å². The smallest absolute Gasteiger partial charge is 0.238 e. The number of fused-ring (bicyclic) bond motifs is 1. The zero-order valence-electron chi connectivity index (χ0n) is 14.2. The minimum atomic E-state index is -0.382. The summed E-state index contributed by atoms with van der Waals surface area (Å²) in [5.74, 6) is 0.613. The summed E-state index contributed by atoms with van der Waals surface area (Å²) in [5.41, 5.74) is 0.822. The quantitative estimate of drug-likeness (QED) is 0.886. The highest BCUT2D eigenvalue weighted by molar-refractivity contribution is 8.01. The Morgan fingerprint density at radius 1 is 1.12 bits per heavy atom. The van der Waals surface area contributed by atoms with Crippen LogP contribution >= 0.6 is 11.8 Å². The first-order chi connectivity index (χ1) is 12.7. The zero-order chi connectivity index (χ0) is 17.9. The topological polar surface area (TPSA) is 78.4 Å². The number of thioether (sulfide) groups is 1. The van der Waals surface area contributed by atoms with Crippen LogP contribution in [0.25, 0.3) is 0 Å². The minimum Gasteiger partial charge on any atom is -0.339 e. The molecule has 3 heterocycles. The van der Waals surface area contributed by atoms with E-state index in [0.717, 1.165) is 10.6 Å². The summed E-state index contributed by atoms with van der Waals surface area (Å²) in [7, 11) is 0. The third-order valence-corrected chi connectivity index (χ3v) is 5.81. The Labute approximate surface area is 155 Å². The minimum absolute atomic E-state index is 0.0191. The number of nitrogens with zero attached hydrogens (tertiary/aromatic N) is 4. The van der Waals surface area contributed by atoms with Gasteiger partial charge in [-0.05, 0) is 18.2 Å². The number of carbonyl (C=O) groups excluding carboxylic acids is 2. The van der Waals surface area contributed by atoms with Crippen molar-refractivity contribution in [1.82, 2.24) is 14.9 Å². The number of carbonyl (C=O) groups is 2. The first-order valence-electron chi connectivity index (χ1n) is 8.57. The van der Waals surface area contributed by atoms with Crippen LogP contribution in [0, 0.1) is 0 Å². The van der Waals surface area contributed by atoms with Gasteiger partial charge in [-0.2, -0.15) is 0 Å². The van der Waals surface area contributed by atoms with Gasteiger partial charge < -0.3 is 15.1 Å². The number of piperazine rings is 1. The van der Waals surface area contributed by atoms with Gasteiger partial charge in [-0.1, -0.05) is 12.1 Å². The molecule has 0 radical (unpaired) electrons. The number of nitrogens with one attached hydrogen (secondary N) is 1. The molecule has 0 spiro atoms.